The van der Waals surface area contributed by atoms with Crippen LogP contribution in [0.3, 0.4) is 0 Å². The first-order chi connectivity index (χ1) is 7.83. The fourth-order valence-corrected chi connectivity index (χ4v) is 2.68. The minimum atomic E-state index is 0.126. The van der Waals surface area contributed by atoms with Gasteiger partial charge in [-0.1, -0.05) is 23.7 Å². The van der Waals surface area contributed by atoms with Crippen LogP contribution in [0, 0.1) is 12.3 Å². The van der Waals surface area contributed by atoms with Crippen molar-refractivity contribution in [2.75, 3.05) is 0 Å². The average Bonchev–Trinajstić information content (AvgIpc) is 2.63. The fourth-order valence-electron chi connectivity index (χ4n) is 1.65. The minimum absolute atomic E-state index is 0.126. The van der Waals surface area contributed by atoms with E-state index in [1.807, 2.05) is 28.2 Å². The summed E-state index contributed by atoms with van der Waals surface area (Å²) in [5, 5.41) is 0.824. The van der Waals surface area contributed by atoms with E-state index in [0.29, 0.717) is 0 Å². The lowest BCUT2D eigenvalue weighted by Gasteiger charge is -1.97. The SMILES string of the molecule is C#CCCCCn1sc2ccccc2c1=O. The number of unbranched alkanes of at least 4 members (excludes halogenated alkanes) is 2. The highest BCUT2D eigenvalue weighted by Crippen LogP contribution is 2.16. The second-order valence-electron chi connectivity index (χ2n) is 3.66. The monoisotopic (exact) mass is 231 g/mol. The maximum absolute atomic E-state index is 11.9. The Bertz CT molecular complexity index is 573. The molecular weight excluding hydrogens is 218 g/mol. The van der Waals surface area contributed by atoms with E-state index in [9.17, 15) is 4.79 Å². The van der Waals surface area contributed by atoms with Gasteiger partial charge in [0, 0.05) is 13.0 Å². The van der Waals surface area contributed by atoms with Gasteiger partial charge in [0.05, 0.1) is 10.1 Å². The van der Waals surface area contributed by atoms with Gasteiger partial charge >= 0.3 is 0 Å². The molecule has 0 saturated carbocycles. The van der Waals surface area contributed by atoms with Crippen LogP contribution >= 0.6 is 11.5 Å². The zero-order chi connectivity index (χ0) is 11.4. The van der Waals surface area contributed by atoms with Gasteiger partial charge in [0.25, 0.3) is 5.56 Å². The molecular formula is C13H13NOS. The van der Waals surface area contributed by atoms with Gasteiger partial charge in [0.15, 0.2) is 0 Å². The van der Waals surface area contributed by atoms with Gasteiger partial charge in [-0.05, 0) is 25.0 Å². The summed E-state index contributed by atoms with van der Waals surface area (Å²) in [6.45, 7) is 0.778. The number of benzene rings is 1. The van der Waals surface area contributed by atoms with Crippen LogP contribution in [0.5, 0.6) is 0 Å². The Labute approximate surface area is 98.7 Å². The van der Waals surface area contributed by atoms with E-state index in [2.05, 4.69) is 5.92 Å². The number of fused-ring (bicyclic) bond motifs is 1. The molecule has 1 aromatic heterocycles. The third-order valence-corrected chi connectivity index (χ3v) is 3.61. The molecule has 2 nitrogen and oxygen atoms in total. The summed E-state index contributed by atoms with van der Waals surface area (Å²) < 4.78 is 2.88. The molecule has 0 N–H and O–H groups in total. The molecule has 3 heteroatoms. The largest absolute Gasteiger partial charge is 0.268 e. The Morgan fingerprint density at radius 2 is 2.12 bits per heavy atom. The van der Waals surface area contributed by atoms with Crippen molar-refractivity contribution in [2.45, 2.75) is 25.8 Å². The average molecular weight is 231 g/mol. The van der Waals surface area contributed by atoms with Gasteiger partial charge in [-0.15, -0.1) is 12.3 Å². The summed E-state index contributed by atoms with van der Waals surface area (Å²) in [4.78, 5) is 11.9. The maximum Gasteiger partial charge on any atom is 0.268 e. The van der Waals surface area contributed by atoms with E-state index < -0.39 is 0 Å². The van der Waals surface area contributed by atoms with Gasteiger partial charge in [-0.3, -0.25) is 8.75 Å². The molecule has 0 amide bonds. The molecule has 0 saturated heterocycles. The first kappa shape index (κ1) is 11.0. The molecule has 0 unspecified atom stereocenters. The van der Waals surface area contributed by atoms with Crippen molar-refractivity contribution in [2.24, 2.45) is 0 Å². The number of rotatable bonds is 4. The van der Waals surface area contributed by atoms with Gasteiger partial charge in [0.1, 0.15) is 0 Å². The number of aromatic nitrogens is 1. The Morgan fingerprint density at radius 1 is 1.31 bits per heavy atom. The topological polar surface area (TPSA) is 22.0 Å². The van der Waals surface area contributed by atoms with Gasteiger partial charge in [-0.2, -0.15) is 0 Å². The summed E-state index contributed by atoms with van der Waals surface area (Å²) in [6.07, 6.45) is 7.93. The number of terminal acetylenes is 1. The summed E-state index contributed by atoms with van der Waals surface area (Å²) >= 11 is 1.53. The molecule has 2 aromatic rings. The van der Waals surface area contributed by atoms with E-state index in [-0.39, 0.29) is 5.56 Å². The zero-order valence-corrected chi connectivity index (χ0v) is 9.80. The molecule has 0 aliphatic carbocycles. The Hall–Kier alpha value is -1.53. The molecule has 1 aromatic carbocycles. The van der Waals surface area contributed by atoms with Gasteiger partial charge < -0.3 is 0 Å². The number of aryl methyl sites for hydroxylation is 1. The minimum Gasteiger partial charge on any atom is -0.268 e. The quantitative estimate of drug-likeness (QED) is 0.586. The van der Waals surface area contributed by atoms with Crippen molar-refractivity contribution in [1.82, 2.24) is 3.96 Å². The molecule has 0 atom stereocenters. The molecule has 0 aliphatic heterocycles. The Balaban J connectivity index is 2.16. The lowest BCUT2D eigenvalue weighted by atomic mass is 10.2. The number of hydrogen-bond acceptors (Lipinski definition) is 2. The van der Waals surface area contributed by atoms with Crippen molar-refractivity contribution < 1.29 is 0 Å². The first-order valence-corrected chi connectivity index (χ1v) is 6.12. The Kier molecular flexibility index (Phi) is 3.43. The normalized spacial score (nSPS) is 10.4. The molecule has 0 fully saturated rings. The van der Waals surface area contributed by atoms with Crippen LogP contribution in [-0.4, -0.2) is 3.96 Å². The summed E-state index contributed by atoms with van der Waals surface area (Å²) in [5.74, 6) is 2.61. The van der Waals surface area contributed by atoms with Gasteiger partial charge in [-0.25, -0.2) is 0 Å². The van der Waals surface area contributed by atoms with E-state index >= 15 is 0 Å². The predicted molar refractivity (Wildman–Crippen MR) is 68.8 cm³/mol. The zero-order valence-electron chi connectivity index (χ0n) is 8.98. The second kappa shape index (κ2) is 5.00. The predicted octanol–water partition coefficient (Wildman–Crippen LogP) is 2.87. The smallest absolute Gasteiger partial charge is 0.268 e. The van der Waals surface area contributed by atoms with Crippen molar-refractivity contribution in [3.63, 3.8) is 0 Å². The Morgan fingerprint density at radius 3 is 2.88 bits per heavy atom. The third kappa shape index (κ3) is 2.17. The highest BCUT2D eigenvalue weighted by Gasteiger charge is 2.05. The molecule has 82 valence electrons. The highest BCUT2D eigenvalue weighted by molar-refractivity contribution is 7.13. The van der Waals surface area contributed by atoms with Crippen LogP contribution in [0.1, 0.15) is 19.3 Å². The standard InChI is InChI=1S/C13H13NOS/c1-2-3-4-7-10-14-13(15)11-8-5-6-9-12(11)16-14/h1,5-6,8-9H,3-4,7,10H2. The van der Waals surface area contributed by atoms with Crippen LogP contribution < -0.4 is 5.56 Å². The molecule has 0 bridgehead atoms. The van der Waals surface area contributed by atoms with Crippen molar-refractivity contribution in [3.8, 4) is 12.3 Å². The maximum atomic E-state index is 11.9. The lowest BCUT2D eigenvalue weighted by molar-refractivity contribution is 0.642. The molecule has 1 heterocycles. The second-order valence-corrected chi connectivity index (χ2v) is 4.72. The summed E-state index contributed by atoms with van der Waals surface area (Å²) in [7, 11) is 0. The van der Waals surface area contributed by atoms with Crippen LogP contribution in [0.15, 0.2) is 29.1 Å². The number of nitrogens with zero attached hydrogens (tertiary/aromatic N) is 1. The van der Waals surface area contributed by atoms with Gasteiger partial charge in [0.2, 0.25) is 0 Å². The van der Waals surface area contributed by atoms with Crippen LogP contribution in [0.2, 0.25) is 0 Å². The lowest BCUT2D eigenvalue weighted by Crippen LogP contribution is -2.12. The summed E-state index contributed by atoms with van der Waals surface area (Å²) in [5.41, 5.74) is 0.126. The molecule has 0 radical (unpaired) electrons. The van der Waals surface area contributed by atoms with Crippen molar-refractivity contribution in [1.29, 1.82) is 0 Å². The van der Waals surface area contributed by atoms with Crippen molar-refractivity contribution >= 4 is 21.6 Å². The first-order valence-electron chi connectivity index (χ1n) is 5.35. The van der Waals surface area contributed by atoms with Crippen LogP contribution in [-0.2, 0) is 6.54 Å². The van der Waals surface area contributed by atoms with Crippen LogP contribution in [0.25, 0.3) is 10.1 Å². The van der Waals surface area contributed by atoms with E-state index in [4.69, 9.17) is 6.42 Å². The molecule has 0 aliphatic rings. The van der Waals surface area contributed by atoms with Crippen LogP contribution in [0.4, 0.5) is 0 Å². The highest BCUT2D eigenvalue weighted by atomic mass is 32.1. The summed E-state index contributed by atoms with van der Waals surface area (Å²) in [6, 6.07) is 7.73. The fraction of sp³-hybridized carbons (Fsp3) is 0.308. The molecule has 0 spiro atoms. The van der Waals surface area contributed by atoms with E-state index in [0.717, 1.165) is 35.9 Å². The third-order valence-electron chi connectivity index (χ3n) is 2.48. The van der Waals surface area contributed by atoms with Crippen molar-refractivity contribution in [3.05, 3.63) is 34.6 Å². The molecule has 16 heavy (non-hydrogen) atoms. The molecule has 2 rings (SSSR count). The number of hydrogen-bond donors (Lipinski definition) is 0. The van der Waals surface area contributed by atoms with E-state index in [1.54, 1.807) is 0 Å². The van der Waals surface area contributed by atoms with E-state index in [1.165, 1.54) is 11.5 Å².